The average molecular weight is 180 g/mol. The lowest BCUT2D eigenvalue weighted by Crippen LogP contribution is -2.38. The van der Waals surface area contributed by atoms with Crippen LogP contribution < -0.4 is 10.5 Å². The van der Waals surface area contributed by atoms with Gasteiger partial charge in [0.1, 0.15) is 6.10 Å². The van der Waals surface area contributed by atoms with Crippen molar-refractivity contribution in [1.82, 2.24) is 4.98 Å². The van der Waals surface area contributed by atoms with Crippen LogP contribution >= 0.6 is 0 Å². The van der Waals surface area contributed by atoms with Gasteiger partial charge in [0.15, 0.2) is 0 Å². The number of ether oxygens (including phenoxy) is 2. The lowest BCUT2D eigenvalue weighted by atomic mass is 10.3. The number of hydrogen-bond donors (Lipinski definition) is 1. The largest absolute Gasteiger partial charge is 0.468 e. The summed E-state index contributed by atoms with van der Waals surface area (Å²) >= 11 is 0. The van der Waals surface area contributed by atoms with Crippen molar-refractivity contribution in [1.29, 1.82) is 0 Å². The highest BCUT2D eigenvalue weighted by molar-refractivity contribution is 5.48. The number of aryl methyl sites for hydroxylation is 1. The Hall–Kier alpha value is -1.29. The molecule has 0 atom stereocenters. The van der Waals surface area contributed by atoms with Gasteiger partial charge in [-0.2, -0.15) is 0 Å². The second-order valence-electron chi connectivity index (χ2n) is 3.12. The van der Waals surface area contributed by atoms with E-state index in [9.17, 15) is 0 Å². The number of nitrogen functional groups attached to an aromatic ring is 1. The molecule has 1 aliphatic heterocycles. The molecule has 0 bridgehead atoms. The van der Waals surface area contributed by atoms with Crippen LogP contribution in [0.1, 0.15) is 5.69 Å². The summed E-state index contributed by atoms with van der Waals surface area (Å²) in [6.07, 6.45) is 0.122. The lowest BCUT2D eigenvalue weighted by molar-refractivity contribution is -0.0810. The number of anilines is 1. The van der Waals surface area contributed by atoms with Gasteiger partial charge >= 0.3 is 0 Å². The summed E-state index contributed by atoms with van der Waals surface area (Å²) in [6, 6.07) is 3.66. The van der Waals surface area contributed by atoms with Crippen molar-refractivity contribution in [3.8, 4) is 5.88 Å². The third-order valence-electron chi connectivity index (χ3n) is 1.91. The highest BCUT2D eigenvalue weighted by Crippen LogP contribution is 2.21. The first-order valence-corrected chi connectivity index (χ1v) is 4.23. The second-order valence-corrected chi connectivity index (χ2v) is 3.12. The molecule has 0 amide bonds. The zero-order chi connectivity index (χ0) is 9.26. The quantitative estimate of drug-likeness (QED) is 0.729. The highest BCUT2D eigenvalue weighted by atomic mass is 16.6. The summed E-state index contributed by atoms with van der Waals surface area (Å²) in [6.45, 7) is 3.17. The zero-order valence-electron chi connectivity index (χ0n) is 7.49. The third kappa shape index (κ3) is 1.72. The van der Waals surface area contributed by atoms with Gasteiger partial charge in [0.05, 0.1) is 18.9 Å². The van der Waals surface area contributed by atoms with Crippen molar-refractivity contribution < 1.29 is 9.47 Å². The van der Waals surface area contributed by atoms with Gasteiger partial charge in [-0.3, -0.25) is 0 Å². The minimum absolute atomic E-state index is 0.122. The molecule has 0 saturated carbocycles. The topological polar surface area (TPSA) is 57.4 Å². The summed E-state index contributed by atoms with van der Waals surface area (Å²) < 4.78 is 10.5. The van der Waals surface area contributed by atoms with Gasteiger partial charge in [-0.1, -0.05) is 0 Å². The van der Waals surface area contributed by atoms with Crippen LogP contribution in [0.4, 0.5) is 5.69 Å². The van der Waals surface area contributed by atoms with E-state index in [0.29, 0.717) is 24.8 Å². The van der Waals surface area contributed by atoms with Crippen LogP contribution in [0.2, 0.25) is 0 Å². The van der Waals surface area contributed by atoms with E-state index in [2.05, 4.69) is 4.98 Å². The maximum atomic E-state index is 5.69. The minimum atomic E-state index is 0.122. The number of pyridine rings is 1. The molecule has 0 aromatic carbocycles. The average Bonchev–Trinajstić information content (AvgIpc) is 2.03. The first-order chi connectivity index (χ1) is 6.25. The molecule has 0 spiro atoms. The molecule has 1 fully saturated rings. The van der Waals surface area contributed by atoms with Crippen LogP contribution in [0.5, 0.6) is 5.88 Å². The first-order valence-electron chi connectivity index (χ1n) is 4.23. The summed E-state index contributed by atoms with van der Waals surface area (Å²) in [5, 5.41) is 0. The molecule has 13 heavy (non-hydrogen) atoms. The van der Waals surface area contributed by atoms with Crippen molar-refractivity contribution in [3.05, 3.63) is 17.8 Å². The molecule has 0 radical (unpaired) electrons. The van der Waals surface area contributed by atoms with Gasteiger partial charge < -0.3 is 15.2 Å². The van der Waals surface area contributed by atoms with E-state index in [-0.39, 0.29) is 6.10 Å². The standard InChI is InChI=1S/C9H12N2O2/c1-6-2-3-8(10)9(11-6)13-7-4-12-5-7/h2-3,7H,4-5,10H2,1H3. The molecule has 4 nitrogen and oxygen atoms in total. The fourth-order valence-corrected chi connectivity index (χ4v) is 1.08. The fourth-order valence-electron chi connectivity index (χ4n) is 1.08. The SMILES string of the molecule is Cc1ccc(N)c(OC2COC2)n1. The van der Waals surface area contributed by atoms with E-state index >= 15 is 0 Å². The van der Waals surface area contributed by atoms with E-state index < -0.39 is 0 Å². The van der Waals surface area contributed by atoms with E-state index in [0.717, 1.165) is 5.69 Å². The van der Waals surface area contributed by atoms with Crippen molar-refractivity contribution in [2.24, 2.45) is 0 Å². The maximum absolute atomic E-state index is 5.69. The number of nitrogens with two attached hydrogens (primary N) is 1. The van der Waals surface area contributed by atoms with Gasteiger partial charge in [0.25, 0.3) is 0 Å². The van der Waals surface area contributed by atoms with Gasteiger partial charge in [-0.25, -0.2) is 4.98 Å². The predicted octanol–water partition coefficient (Wildman–Crippen LogP) is 0.750. The predicted molar refractivity (Wildman–Crippen MR) is 48.6 cm³/mol. The molecule has 4 heteroatoms. The Morgan fingerprint density at radius 1 is 1.54 bits per heavy atom. The van der Waals surface area contributed by atoms with Crippen molar-refractivity contribution in [2.75, 3.05) is 18.9 Å². The summed E-state index contributed by atoms with van der Waals surface area (Å²) in [4.78, 5) is 4.19. The van der Waals surface area contributed by atoms with Crippen molar-refractivity contribution >= 4 is 5.69 Å². The molecule has 2 rings (SSSR count). The van der Waals surface area contributed by atoms with Crippen LogP contribution in [0.25, 0.3) is 0 Å². The Balaban J connectivity index is 2.13. The molecule has 2 heterocycles. The Bertz CT molecular complexity index is 310. The van der Waals surface area contributed by atoms with E-state index in [1.165, 1.54) is 0 Å². The van der Waals surface area contributed by atoms with E-state index in [1.54, 1.807) is 6.07 Å². The molecule has 1 aromatic rings. The molecule has 70 valence electrons. The molecular weight excluding hydrogens is 168 g/mol. The molecule has 1 saturated heterocycles. The van der Waals surface area contributed by atoms with E-state index in [1.807, 2.05) is 13.0 Å². The smallest absolute Gasteiger partial charge is 0.237 e. The number of aromatic nitrogens is 1. The fraction of sp³-hybridized carbons (Fsp3) is 0.444. The number of hydrogen-bond acceptors (Lipinski definition) is 4. The zero-order valence-corrected chi connectivity index (χ0v) is 7.49. The molecule has 1 aliphatic rings. The van der Waals surface area contributed by atoms with Crippen molar-refractivity contribution in [3.63, 3.8) is 0 Å². The summed E-state index contributed by atoms with van der Waals surface area (Å²) in [7, 11) is 0. The normalized spacial score (nSPS) is 16.7. The van der Waals surface area contributed by atoms with Crippen molar-refractivity contribution in [2.45, 2.75) is 13.0 Å². The summed E-state index contributed by atoms with van der Waals surface area (Å²) in [5.74, 6) is 0.522. The second kappa shape index (κ2) is 3.22. The Kier molecular flexibility index (Phi) is 2.06. The van der Waals surface area contributed by atoms with Gasteiger partial charge in [0.2, 0.25) is 5.88 Å². The molecule has 2 N–H and O–H groups in total. The monoisotopic (exact) mass is 180 g/mol. The van der Waals surface area contributed by atoms with E-state index in [4.69, 9.17) is 15.2 Å². The number of rotatable bonds is 2. The molecule has 0 unspecified atom stereocenters. The molecule has 0 aliphatic carbocycles. The van der Waals surface area contributed by atoms with Crippen LogP contribution in [0.15, 0.2) is 12.1 Å². The number of nitrogens with zero attached hydrogens (tertiary/aromatic N) is 1. The van der Waals surface area contributed by atoms with Crippen LogP contribution in [-0.4, -0.2) is 24.3 Å². The lowest BCUT2D eigenvalue weighted by Gasteiger charge is -2.26. The first kappa shape index (κ1) is 8.31. The van der Waals surface area contributed by atoms with Crippen LogP contribution in [-0.2, 0) is 4.74 Å². The van der Waals surface area contributed by atoms with Crippen LogP contribution in [0, 0.1) is 6.92 Å². The Morgan fingerprint density at radius 2 is 2.31 bits per heavy atom. The minimum Gasteiger partial charge on any atom is -0.468 e. The summed E-state index contributed by atoms with van der Waals surface area (Å²) in [5.41, 5.74) is 7.18. The third-order valence-corrected chi connectivity index (χ3v) is 1.91. The molecular formula is C9H12N2O2. The van der Waals surface area contributed by atoms with Gasteiger partial charge in [-0.15, -0.1) is 0 Å². The van der Waals surface area contributed by atoms with Gasteiger partial charge in [0, 0.05) is 5.69 Å². The Labute approximate surface area is 76.7 Å². The maximum Gasteiger partial charge on any atom is 0.237 e. The van der Waals surface area contributed by atoms with Gasteiger partial charge in [-0.05, 0) is 19.1 Å². The highest BCUT2D eigenvalue weighted by Gasteiger charge is 2.21. The van der Waals surface area contributed by atoms with Crippen LogP contribution in [0.3, 0.4) is 0 Å². The Morgan fingerprint density at radius 3 is 2.92 bits per heavy atom. The molecule has 1 aromatic heterocycles.